The average molecular weight is 352 g/mol. The van der Waals surface area contributed by atoms with Crippen LogP contribution in [0.2, 0.25) is 0 Å². The molecular formula is C21H21FN2O2. The highest BCUT2D eigenvalue weighted by atomic mass is 19.1. The Morgan fingerprint density at radius 1 is 1.27 bits per heavy atom. The summed E-state index contributed by atoms with van der Waals surface area (Å²) in [4.78, 5) is 18.8. The third kappa shape index (κ3) is 4.09. The highest BCUT2D eigenvalue weighted by molar-refractivity contribution is 5.93. The molecule has 1 N–H and O–H groups in total. The standard InChI is InChI=1S/C21H21FN2O2/c1-21(2)13-18(25)10-11-24(21)20(26)19-9-8-16(14-23-19)7-6-15-4-3-5-17(22)12-15/h3-5,8-9,12,14,18,25H,10-11,13H2,1-2H3. The normalized spacial score (nSPS) is 18.8. The molecular weight excluding hydrogens is 331 g/mol. The van der Waals surface area contributed by atoms with Crippen LogP contribution in [-0.4, -0.2) is 39.1 Å². The van der Waals surface area contributed by atoms with Crippen molar-refractivity contribution in [2.24, 2.45) is 0 Å². The number of rotatable bonds is 1. The fourth-order valence-electron chi connectivity index (χ4n) is 3.19. The summed E-state index contributed by atoms with van der Waals surface area (Å²) in [5.74, 6) is 5.32. The van der Waals surface area contributed by atoms with E-state index < -0.39 is 5.54 Å². The topological polar surface area (TPSA) is 53.4 Å². The first kappa shape index (κ1) is 18.1. The van der Waals surface area contributed by atoms with Crippen LogP contribution >= 0.6 is 0 Å². The molecule has 1 aliphatic heterocycles. The van der Waals surface area contributed by atoms with Crippen molar-refractivity contribution in [3.8, 4) is 11.8 Å². The van der Waals surface area contributed by atoms with Crippen LogP contribution in [0, 0.1) is 17.7 Å². The molecule has 2 heterocycles. The van der Waals surface area contributed by atoms with E-state index in [9.17, 15) is 14.3 Å². The Hall–Kier alpha value is -2.71. The van der Waals surface area contributed by atoms with Gasteiger partial charge in [0.25, 0.3) is 5.91 Å². The molecule has 0 spiro atoms. The molecule has 1 aliphatic rings. The predicted octanol–water partition coefficient (Wildman–Crippen LogP) is 3.00. The molecule has 0 aliphatic carbocycles. The Labute approximate surface area is 152 Å². The van der Waals surface area contributed by atoms with E-state index in [0.29, 0.717) is 36.2 Å². The minimum Gasteiger partial charge on any atom is -0.393 e. The van der Waals surface area contributed by atoms with Gasteiger partial charge in [0.2, 0.25) is 0 Å². The number of pyridine rings is 1. The van der Waals surface area contributed by atoms with Crippen LogP contribution in [-0.2, 0) is 0 Å². The van der Waals surface area contributed by atoms with Crippen LogP contribution in [0.3, 0.4) is 0 Å². The van der Waals surface area contributed by atoms with E-state index in [2.05, 4.69) is 16.8 Å². The lowest BCUT2D eigenvalue weighted by molar-refractivity contribution is 0.00292. The van der Waals surface area contributed by atoms with E-state index in [0.717, 1.165) is 0 Å². The molecule has 26 heavy (non-hydrogen) atoms. The lowest BCUT2D eigenvalue weighted by Gasteiger charge is -2.44. The van der Waals surface area contributed by atoms with Crippen LogP contribution in [0.15, 0.2) is 42.6 Å². The van der Waals surface area contributed by atoms with Gasteiger partial charge < -0.3 is 10.0 Å². The quantitative estimate of drug-likeness (QED) is 0.803. The molecule has 0 radical (unpaired) electrons. The molecule has 3 rings (SSSR count). The van der Waals surface area contributed by atoms with E-state index in [1.54, 1.807) is 35.4 Å². The summed E-state index contributed by atoms with van der Waals surface area (Å²) < 4.78 is 13.2. The predicted molar refractivity (Wildman–Crippen MR) is 97.0 cm³/mol. The molecule has 134 valence electrons. The second-order valence-corrected chi connectivity index (χ2v) is 7.11. The van der Waals surface area contributed by atoms with Crippen molar-refractivity contribution in [2.75, 3.05) is 6.54 Å². The maximum atomic E-state index is 13.2. The van der Waals surface area contributed by atoms with Crippen molar-refractivity contribution in [3.63, 3.8) is 0 Å². The molecule has 1 aromatic carbocycles. The van der Waals surface area contributed by atoms with E-state index in [1.165, 1.54) is 12.1 Å². The van der Waals surface area contributed by atoms with Gasteiger partial charge in [0.05, 0.1) is 6.10 Å². The first-order valence-corrected chi connectivity index (χ1v) is 8.59. The average Bonchev–Trinajstić information content (AvgIpc) is 2.59. The molecule has 4 nitrogen and oxygen atoms in total. The lowest BCUT2D eigenvalue weighted by Crippen LogP contribution is -2.54. The Morgan fingerprint density at radius 3 is 2.69 bits per heavy atom. The molecule has 1 amide bonds. The minimum atomic E-state index is -0.410. The number of piperidine rings is 1. The number of hydrogen-bond donors (Lipinski definition) is 1. The van der Waals surface area contributed by atoms with Crippen LogP contribution in [0.1, 0.15) is 48.3 Å². The summed E-state index contributed by atoms with van der Waals surface area (Å²) in [6, 6.07) is 9.46. The van der Waals surface area contributed by atoms with Crippen molar-refractivity contribution >= 4 is 5.91 Å². The van der Waals surface area contributed by atoms with Gasteiger partial charge in [-0.15, -0.1) is 0 Å². The third-order valence-corrected chi connectivity index (χ3v) is 4.56. The van der Waals surface area contributed by atoms with E-state index in [-0.39, 0.29) is 17.8 Å². The number of aliphatic hydroxyl groups excluding tert-OH is 1. The van der Waals surface area contributed by atoms with Gasteiger partial charge in [0.1, 0.15) is 11.5 Å². The van der Waals surface area contributed by atoms with Gasteiger partial charge in [-0.3, -0.25) is 4.79 Å². The van der Waals surface area contributed by atoms with E-state index in [4.69, 9.17) is 0 Å². The number of nitrogens with zero attached hydrogens (tertiary/aromatic N) is 2. The monoisotopic (exact) mass is 352 g/mol. The second-order valence-electron chi connectivity index (χ2n) is 7.11. The summed E-state index contributed by atoms with van der Waals surface area (Å²) in [5.41, 5.74) is 1.18. The number of aliphatic hydroxyl groups is 1. The summed E-state index contributed by atoms with van der Waals surface area (Å²) in [5, 5.41) is 9.83. The Balaban J connectivity index is 1.74. The summed E-state index contributed by atoms with van der Waals surface area (Å²) in [6.07, 6.45) is 2.30. The Kier molecular flexibility index (Phi) is 5.06. The maximum absolute atomic E-state index is 13.2. The third-order valence-electron chi connectivity index (χ3n) is 4.56. The maximum Gasteiger partial charge on any atom is 0.272 e. The number of likely N-dealkylation sites (tertiary alicyclic amines) is 1. The second kappa shape index (κ2) is 7.27. The minimum absolute atomic E-state index is 0.147. The fraction of sp³-hybridized carbons (Fsp3) is 0.333. The number of benzene rings is 1. The number of amides is 1. The number of aromatic nitrogens is 1. The Bertz CT molecular complexity index is 866. The molecule has 2 aromatic rings. The highest BCUT2D eigenvalue weighted by Crippen LogP contribution is 2.28. The molecule has 1 fully saturated rings. The van der Waals surface area contributed by atoms with Crippen molar-refractivity contribution in [1.82, 2.24) is 9.88 Å². The van der Waals surface area contributed by atoms with E-state index >= 15 is 0 Å². The van der Waals surface area contributed by atoms with Gasteiger partial charge in [-0.25, -0.2) is 9.37 Å². The Morgan fingerprint density at radius 2 is 2.04 bits per heavy atom. The van der Waals surface area contributed by atoms with Crippen LogP contribution in [0.25, 0.3) is 0 Å². The zero-order chi connectivity index (χ0) is 18.7. The number of carbonyl (C=O) groups is 1. The molecule has 1 atom stereocenters. The molecule has 0 bridgehead atoms. The number of hydrogen-bond acceptors (Lipinski definition) is 3. The molecule has 1 saturated heterocycles. The van der Waals surface area contributed by atoms with Crippen molar-refractivity contribution in [1.29, 1.82) is 0 Å². The summed E-state index contributed by atoms with van der Waals surface area (Å²) >= 11 is 0. The van der Waals surface area contributed by atoms with Crippen molar-refractivity contribution in [3.05, 3.63) is 65.2 Å². The number of halogens is 1. The van der Waals surface area contributed by atoms with Gasteiger partial charge in [0.15, 0.2) is 0 Å². The highest BCUT2D eigenvalue weighted by Gasteiger charge is 2.37. The van der Waals surface area contributed by atoms with Crippen LogP contribution in [0.5, 0.6) is 0 Å². The first-order chi connectivity index (χ1) is 12.3. The largest absolute Gasteiger partial charge is 0.393 e. The van der Waals surface area contributed by atoms with Crippen LogP contribution < -0.4 is 0 Å². The SMILES string of the molecule is CC1(C)CC(O)CCN1C(=O)c1ccc(C#Cc2cccc(F)c2)cn1. The molecule has 0 saturated carbocycles. The zero-order valence-corrected chi connectivity index (χ0v) is 14.9. The van der Waals surface area contributed by atoms with Crippen molar-refractivity contribution in [2.45, 2.75) is 38.3 Å². The van der Waals surface area contributed by atoms with Gasteiger partial charge >= 0.3 is 0 Å². The van der Waals surface area contributed by atoms with Crippen LogP contribution in [0.4, 0.5) is 4.39 Å². The molecule has 1 aromatic heterocycles. The van der Waals surface area contributed by atoms with Gasteiger partial charge in [-0.05, 0) is 57.0 Å². The van der Waals surface area contributed by atoms with Gasteiger partial charge in [-0.2, -0.15) is 0 Å². The summed E-state index contributed by atoms with van der Waals surface area (Å²) in [6.45, 7) is 4.41. The molecule has 5 heteroatoms. The van der Waals surface area contributed by atoms with Crippen molar-refractivity contribution < 1.29 is 14.3 Å². The molecule has 1 unspecified atom stereocenters. The van der Waals surface area contributed by atoms with E-state index in [1.807, 2.05) is 13.8 Å². The zero-order valence-electron chi connectivity index (χ0n) is 14.9. The summed E-state index contributed by atoms with van der Waals surface area (Å²) in [7, 11) is 0. The number of carbonyl (C=O) groups excluding carboxylic acids is 1. The van der Waals surface area contributed by atoms with Gasteiger partial charge in [0, 0.05) is 29.4 Å². The fourth-order valence-corrected chi connectivity index (χ4v) is 3.19. The van der Waals surface area contributed by atoms with Gasteiger partial charge in [-0.1, -0.05) is 17.9 Å². The first-order valence-electron chi connectivity index (χ1n) is 8.59. The smallest absolute Gasteiger partial charge is 0.272 e. The lowest BCUT2D eigenvalue weighted by atomic mass is 9.88.